The fraction of sp³-hybridized carbons (Fsp3) is 0.333. The molecule has 1 heterocycles. The maximum absolute atomic E-state index is 6.16. The summed E-state index contributed by atoms with van der Waals surface area (Å²) in [6.07, 6.45) is 0. The second-order valence-corrected chi connectivity index (χ2v) is 5.34. The van der Waals surface area contributed by atoms with Gasteiger partial charge in [0.2, 0.25) is 0 Å². The number of halogens is 1. The number of anilines is 1. The van der Waals surface area contributed by atoms with Gasteiger partial charge >= 0.3 is 0 Å². The number of aromatic nitrogens is 3. The largest absolute Gasteiger partial charge is 0.381 e. The zero-order valence-corrected chi connectivity index (χ0v) is 10.9. The Hall–Kier alpha value is -1.55. The molecule has 0 fully saturated rings. The number of nitrogens with two attached hydrogens (primary N) is 1. The lowest BCUT2D eigenvalue weighted by atomic mass is 9.91. The summed E-state index contributed by atoms with van der Waals surface area (Å²) in [4.78, 5) is 0. The number of para-hydroxylation sites is 1. The van der Waals surface area contributed by atoms with Crippen molar-refractivity contribution in [1.29, 1.82) is 0 Å². The van der Waals surface area contributed by atoms with E-state index in [1.165, 1.54) is 0 Å². The lowest BCUT2D eigenvalue weighted by Crippen LogP contribution is -2.19. The number of nitrogen functional groups attached to an aromatic ring is 1. The van der Waals surface area contributed by atoms with Gasteiger partial charge in [0.05, 0.1) is 16.4 Å². The fourth-order valence-corrected chi connectivity index (χ4v) is 2.00. The number of nitrogens with zero attached hydrogens (tertiary/aromatic N) is 3. The highest BCUT2D eigenvalue weighted by molar-refractivity contribution is 6.32. The van der Waals surface area contributed by atoms with E-state index in [0.29, 0.717) is 10.8 Å². The predicted molar refractivity (Wildman–Crippen MR) is 69.5 cm³/mol. The summed E-state index contributed by atoms with van der Waals surface area (Å²) < 4.78 is 1.71. The molecule has 0 atom stereocenters. The molecule has 0 unspecified atom stereocenters. The third-order valence-corrected chi connectivity index (χ3v) is 2.81. The molecule has 2 rings (SSSR count). The SMILES string of the molecule is CC(C)(C)c1c(N)nnn1-c1ccccc1Cl. The average Bonchev–Trinajstić information content (AvgIpc) is 2.60. The van der Waals surface area contributed by atoms with Crippen molar-refractivity contribution in [2.75, 3.05) is 5.73 Å². The summed E-state index contributed by atoms with van der Waals surface area (Å²) >= 11 is 6.16. The molecule has 17 heavy (non-hydrogen) atoms. The Kier molecular flexibility index (Phi) is 2.83. The Bertz CT molecular complexity index is 540. The van der Waals surface area contributed by atoms with Crippen molar-refractivity contribution in [1.82, 2.24) is 15.0 Å². The molecular weight excluding hydrogens is 236 g/mol. The minimum Gasteiger partial charge on any atom is -0.381 e. The van der Waals surface area contributed by atoms with Gasteiger partial charge in [-0.2, -0.15) is 0 Å². The van der Waals surface area contributed by atoms with Crippen molar-refractivity contribution >= 4 is 17.4 Å². The van der Waals surface area contributed by atoms with Crippen LogP contribution in [-0.2, 0) is 5.41 Å². The highest BCUT2D eigenvalue weighted by atomic mass is 35.5. The minimum atomic E-state index is -0.146. The lowest BCUT2D eigenvalue weighted by Gasteiger charge is -2.20. The van der Waals surface area contributed by atoms with Gasteiger partial charge < -0.3 is 5.73 Å². The molecular formula is C12H15ClN4. The first-order valence-corrected chi connectivity index (χ1v) is 5.75. The van der Waals surface area contributed by atoms with Crippen LogP contribution in [0.15, 0.2) is 24.3 Å². The van der Waals surface area contributed by atoms with E-state index in [2.05, 4.69) is 31.1 Å². The van der Waals surface area contributed by atoms with Crippen molar-refractivity contribution in [3.8, 4) is 5.69 Å². The normalized spacial score (nSPS) is 11.8. The predicted octanol–water partition coefficient (Wildman–Crippen LogP) is 2.80. The van der Waals surface area contributed by atoms with Crippen LogP contribution in [0.25, 0.3) is 5.69 Å². The topological polar surface area (TPSA) is 56.7 Å². The molecule has 0 spiro atoms. The van der Waals surface area contributed by atoms with Crippen LogP contribution in [0.1, 0.15) is 26.5 Å². The molecule has 1 aromatic heterocycles. The van der Waals surface area contributed by atoms with Crippen molar-refractivity contribution in [3.63, 3.8) is 0 Å². The van der Waals surface area contributed by atoms with Crippen LogP contribution in [-0.4, -0.2) is 15.0 Å². The second kappa shape index (κ2) is 4.04. The maximum atomic E-state index is 6.16. The molecule has 2 N–H and O–H groups in total. The average molecular weight is 251 g/mol. The molecule has 0 bridgehead atoms. The van der Waals surface area contributed by atoms with Crippen LogP contribution < -0.4 is 5.73 Å². The van der Waals surface area contributed by atoms with Crippen LogP contribution in [0.3, 0.4) is 0 Å². The highest BCUT2D eigenvalue weighted by Crippen LogP contribution is 2.30. The van der Waals surface area contributed by atoms with Gasteiger partial charge in [0.15, 0.2) is 5.82 Å². The minimum absolute atomic E-state index is 0.146. The number of benzene rings is 1. The zero-order valence-electron chi connectivity index (χ0n) is 10.1. The molecule has 0 aliphatic heterocycles. The summed E-state index contributed by atoms with van der Waals surface area (Å²) in [5, 5.41) is 8.63. The maximum Gasteiger partial charge on any atom is 0.170 e. The Morgan fingerprint density at radius 1 is 1.24 bits per heavy atom. The van der Waals surface area contributed by atoms with Gasteiger partial charge in [0, 0.05) is 5.41 Å². The van der Waals surface area contributed by atoms with E-state index in [1.807, 2.05) is 24.3 Å². The third kappa shape index (κ3) is 2.13. The van der Waals surface area contributed by atoms with Gasteiger partial charge in [0.25, 0.3) is 0 Å². The van der Waals surface area contributed by atoms with Crippen LogP contribution in [0.5, 0.6) is 0 Å². The molecule has 4 nitrogen and oxygen atoms in total. The molecule has 0 saturated heterocycles. The van der Waals surface area contributed by atoms with Gasteiger partial charge in [-0.25, -0.2) is 4.68 Å². The van der Waals surface area contributed by atoms with E-state index < -0.39 is 0 Å². The number of hydrogen-bond donors (Lipinski definition) is 1. The van der Waals surface area contributed by atoms with Crippen LogP contribution in [0.2, 0.25) is 5.02 Å². The fourth-order valence-electron chi connectivity index (χ4n) is 1.79. The summed E-state index contributed by atoms with van der Waals surface area (Å²) in [7, 11) is 0. The summed E-state index contributed by atoms with van der Waals surface area (Å²) in [6, 6.07) is 7.50. The molecule has 90 valence electrons. The highest BCUT2D eigenvalue weighted by Gasteiger charge is 2.25. The van der Waals surface area contributed by atoms with Gasteiger partial charge in [-0.05, 0) is 12.1 Å². The summed E-state index contributed by atoms with van der Waals surface area (Å²) in [6.45, 7) is 6.19. The lowest BCUT2D eigenvalue weighted by molar-refractivity contribution is 0.544. The molecule has 5 heteroatoms. The van der Waals surface area contributed by atoms with Crippen molar-refractivity contribution in [3.05, 3.63) is 35.0 Å². The molecule has 0 aliphatic rings. The molecule has 0 radical (unpaired) electrons. The Morgan fingerprint density at radius 3 is 2.47 bits per heavy atom. The standard InChI is InChI=1S/C12H15ClN4/c1-12(2,3)10-11(14)15-16-17(10)9-7-5-4-6-8(9)13/h4-7H,14H2,1-3H3. The molecule has 0 amide bonds. The van der Waals surface area contributed by atoms with E-state index in [1.54, 1.807) is 4.68 Å². The van der Waals surface area contributed by atoms with Crippen LogP contribution >= 0.6 is 11.6 Å². The van der Waals surface area contributed by atoms with E-state index in [9.17, 15) is 0 Å². The molecule has 0 aliphatic carbocycles. The second-order valence-electron chi connectivity index (χ2n) is 4.94. The Labute approximate surface area is 105 Å². The van der Waals surface area contributed by atoms with E-state index >= 15 is 0 Å². The smallest absolute Gasteiger partial charge is 0.170 e. The molecule has 1 aromatic carbocycles. The molecule has 0 saturated carbocycles. The quantitative estimate of drug-likeness (QED) is 0.847. The first-order chi connectivity index (χ1) is 7.91. The van der Waals surface area contributed by atoms with Crippen LogP contribution in [0.4, 0.5) is 5.82 Å². The van der Waals surface area contributed by atoms with Gasteiger partial charge in [-0.15, -0.1) is 5.10 Å². The first-order valence-electron chi connectivity index (χ1n) is 5.38. The van der Waals surface area contributed by atoms with E-state index in [-0.39, 0.29) is 5.41 Å². The summed E-state index contributed by atoms with van der Waals surface area (Å²) in [5.74, 6) is 0.442. The number of hydrogen-bond acceptors (Lipinski definition) is 3. The zero-order chi connectivity index (χ0) is 12.6. The monoisotopic (exact) mass is 250 g/mol. The van der Waals surface area contributed by atoms with Crippen molar-refractivity contribution < 1.29 is 0 Å². The Morgan fingerprint density at radius 2 is 1.88 bits per heavy atom. The summed E-state index contributed by atoms with van der Waals surface area (Å²) in [5.41, 5.74) is 7.39. The van der Waals surface area contributed by atoms with Gasteiger partial charge in [0.1, 0.15) is 0 Å². The van der Waals surface area contributed by atoms with E-state index in [4.69, 9.17) is 17.3 Å². The van der Waals surface area contributed by atoms with E-state index in [0.717, 1.165) is 11.4 Å². The first kappa shape index (κ1) is 11.9. The number of rotatable bonds is 1. The van der Waals surface area contributed by atoms with Crippen LogP contribution in [0, 0.1) is 0 Å². The van der Waals surface area contributed by atoms with Crippen molar-refractivity contribution in [2.24, 2.45) is 0 Å². The molecule has 2 aromatic rings. The van der Waals surface area contributed by atoms with Crippen molar-refractivity contribution in [2.45, 2.75) is 26.2 Å². The van der Waals surface area contributed by atoms with Gasteiger partial charge in [-0.3, -0.25) is 0 Å². The third-order valence-electron chi connectivity index (χ3n) is 2.49. The van der Waals surface area contributed by atoms with Gasteiger partial charge in [-0.1, -0.05) is 49.7 Å². The Balaban J connectivity index is 2.66.